The predicted octanol–water partition coefficient (Wildman–Crippen LogP) is 10.1. The summed E-state index contributed by atoms with van der Waals surface area (Å²) in [6, 6.07) is 11.8. The Labute approximate surface area is 236 Å². The smallest absolute Gasteiger partial charge is 0.115 e. The molecule has 0 bridgehead atoms. The zero-order chi connectivity index (χ0) is 28.2. The van der Waals surface area contributed by atoms with Gasteiger partial charge < -0.3 is 10.2 Å². The Morgan fingerprint density at radius 2 is 0.694 bits per heavy atom. The molecule has 1 radical (unpaired) electrons. The van der Waals surface area contributed by atoms with Gasteiger partial charge >= 0.3 is 0 Å². The van der Waals surface area contributed by atoms with E-state index < -0.39 is 0 Å². The van der Waals surface area contributed by atoms with Gasteiger partial charge in [-0.25, -0.2) is 0 Å². The van der Waals surface area contributed by atoms with E-state index in [1.807, 2.05) is 79.7 Å². The van der Waals surface area contributed by atoms with Crippen molar-refractivity contribution in [1.82, 2.24) is 0 Å². The molecular weight excluding hydrogens is 479 g/mol. The van der Waals surface area contributed by atoms with Crippen molar-refractivity contribution < 1.29 is 28.8 Å². The maximum Gasteiger partial charge on any atom is 0.115 e. The molecule has 0 saturated heterocycles. The van der Waals surface area contributed by atoms with Crippen LogP contribution in [0.1, 0.15) is 133 Å². The maximum atomic E-state index is 10.4. The molecule has 0 unspecified atom stereocenters. The molecule has 0 amide bonds. The molecule has 0 aromatic heterocycles. The van der Waals surface area contributed by atoms with Crippen LogP contribution in [0.3, 0.4) is 0 Å². The first-order valence-corrected chi connectivity index (χ1v) is 13.9. The fraction of sp³-hybridized carbons (Fsp3) is 0.636. The Kier molecular flexibility index (Phi) is 13.2. The summed E-state index contributed by atoms with van der Waals surface area (Å²) in [5.74, 6) is 0.618. The number of phenolic OH excluding ortho intramolecular Hbond substituents is 2. The Bertz CT molecular complexity index is 888. The SMILES string of the molecule is CC.CC.CC.CC.CC1(C)c2ccc(O)cc2C2(c3cc(O)ccc3C(C)(C)C2(C)C)C1(C)C.[V]. The summed E-state index contributed by atoms with van der Waals surface area (Å²) in [7, 11) is 0. The molecule has 205 valence electrons. The molecule has 0 saturated carbocycles. The van der Waals surface area contributed by atoms with Crippen molar-refractivity contribution in [3.05, 3.63) is 58.7 Å². The van der Waals surface area contributed by atoms with Gasteiger partial charge in [-0.1, -0.05) is 123 Å². The van der Waals surface area contributed by atoms with Crippen molar-refractivity contribution in [2.45, 2.75) is 127 Å². The zero-order valence-corrected chi connectivity index (χ0v) is 27.7. The third-order valence-electron chi connectivity index (χ3n) is 9.16. The minimum absolute atomic E-state index is 0. The second-order valence-electron chi connectivity index (χ2n) is 10.7. The third kappa shape index (κ3) is 4.56. The van der Waals surface area contributed by atoms with Crippen LogP contribution in [0.5, 0.6) is 11.5 Å². The number of aromatic hydroxyl groups is 2. The van der Waals surface area contributed by atoms with E-state index in [4.69, 9.17) is 0 Å². The van der Waals surface area contributed by atoms with E-state index in [-0.39, 0.29) is 45.6 Å². The minimum Gasteiger partial charge on any atom is -0.508 e. The molecule has 4 rings (SSSR count). The molecule has 0 fully saturated rings. The average Bonchev–Trinajstić information content (AvgIpc) is 3.06. The standard InChI is InChI=1S/C25H32O2.4C2H6.V/c1-21(2)17-11-9-15(26)13-19(17)25(23(21,5)6)20-14-16(27)10-12-18(20)22(3,4)24(25,7)8;4*1-2;/h9-14,26-27H,1-8H3;4*1-2H3;. The van der Waals surface area contributed by atoms with Gasteiger partial charge in [0.2, 0.25) is 0 Å². The quantitative estimate of drug-likeness (QED) is 0.352. The van der Waals surface area contributed by atoms with Gasteiger partial charge in [-0.3, -0.25) is 0 Å². The van der Waals surface area contributed by atoms with Gasteiger partial charge in [-0.2, -0.15) is 0 Å². The molecule has 2 N–H and O–H groups in total. The Morgan fingerprint density at radius 1 is 0.444 bits per heavy atom. The van der Waals surface area contributed by atoms with Gasteiger partial charge in [0.1, 0.15) is 11.5 Å². The van der Waals surface area contributed by atoms with Crippen LogP contribution in [0.2, 0.25) is 0 Å². The first-order chi connectivity index (χ1) is 16.2. The molecular formula is C33H56O2V. The zero-order valence-electron chi connectivity index (χ0n) is 26.3. The first-order valence-electron chi connectivity index (χ1n) is 13.9. The molecule has 1 spiro atoms. The summed E-state index contributed by atoms with van der Waals surface area (Å²) in [6.07, 6.45) is 0. The van der Waals surface area contributed by atoms with Crippen LogP contribution in [0.4, 0.5) is 0 Å². The van der Waals surface area contributed by atoms with Gasteiger partial charge in [0.05, 0.1) is 0 Å². The molecule has 36 heavy (non-hydrogen) atoms. The van der Waals surface area contributed by atoms with Crippen molar-refractivity contribution in [2.75, 3.05) is 0 Å². The normalized spacial score (nSPS) is 19.1. The predicted molar refractivity (Wildman–Crippen MR) is 156 cm³/mol. The van der Waals surface area contributed by atoms with Gasteiger partial charge in [0.15, 0.2) is 0 Å². The molecule has 0 aliphatic heterocycles. The van der Waals surface area contributed by atoms with Crippen molar-refractivity contribution >= 4 is 0 Å². The number of fused-ring (bicyclic) bond motifs is 4. The van der Waals surface area contributed by atoms with E-state index >= 15 is 0 Å². The number of phenols is 2. The van der Waals surface area contributed by atoms with Crippen molar-refractivity contribution in [2.24, 2.45) is 10.8 Å². The van der Waals surface area contributed by atoms with E-state index in [2.05, 4.69) is 67.5 Å². The number of hydrogen-bond donors (Lipinski definition) is 2. The third-order valence-corrected chi connectivity index (χ3v) is 9.16. The Hall–Kier alpha value is -1.38. The average molecular weight is 536 g/mol. The molecule has 2 aromatic carbocycles. The van der Waals surface area contributed by atoms with Crippen LogP contribution in [0, 0.1) is 10.8 Å². The molecule has 2 aromatic rings. The Morgan fingerprint density at radius 3 is 0.944 bits per heavy atom. The van der Waals surface area contributed by atoms with Crippen LogP contribution in [0.15, 0.2) is 36.4 Å². The van der Waals surface area contributed by atoms with E-state index in [1.165, 1.54) is 22.3 Å². The molecule has 2 nitrogen and oxygen atoms in total. The van der Waals surface area contributed by atoms with E-state index in [9.17, 15) is 10.2 Å². The molecule has 0 atom stereocenters. The summed E-state index contributed by atoms with van der Waals surface area (Å²) in [6.45, 7) is 34.7. The number of rotatable bonds is 0. The fourth-order valence-corrected chi connectivity index (χ4v) is 6.66. The van der Waals surface area contributed by atoms with Crippen LogP contribution in [-0.2, 0) is 34.8 Å². The molecule has 3 heteroatoms. The fourth-order valence-electron chi connectivity index (χ4n) is 6.66. The van der Waals surface area contributed by atoms with E-state index in [1.54, 1.807) is 0 Å². The van der Waals surface area contributed by atoms with Crippen molar-refractivity contribution in [3.63, 3.8) is 0 Å². The summed E-state index contributed by atoms with van der Waals surface area (Å²) in [5.41, 5.74) is 4.25. The second-order valence-corrected chi connectivity index (χ2v) is 10.7. The molecule has 2 aliphatic rings. The van der Waals surface area contributed by atoms with E-state index in [0.29, 0.717) is 11.5 Å². The van der Waals surface area contributed by atoms with Crippen molar-refractivity contribution in [1.29, 1.82) is 0 Å². The van der Waals surface area contributed by atoms with Crippen molar-refractivity contribution in [3.8, 4) is 11.5 Å². The minimum atomic E-state index is -0.324. The van der Waals surface area contributed by atoms with E-state index in [0.717, 1.165) is 0 Å². The van der Waals surface area contributed by atoms with Crippen LogP contribution in [-0.4, -0.2) is 10.2 Å². The van der Waals surface area contributed by atoms with Crippen LogP contribution in [0.25, 0.3) is 0 Å². The summed E-state index contributed by atoms with van der Waals surface area (Å²) < 4.78 is 0. The van der Waals surface area contributed by atoms with Gasteiger partial charge in [0, 0.05) is 24.0 Å². The summed E-state index contributed by atoms with van der Waals surface area (Å²) >= 11 is 0. The largest absolute Gasteiger partial charge is 0.508 e. The Balaban J connectivity index is 0. The summed E-state index contributed by atoms with van der Waals surface area (Å²) in [5, 5.41) is 20.9. The van der Waals surface area contributed by atoms with Gasteiger partial charge in [-0.05, 0) is 68.2 Å². The maximum absolute atomic E-state index is 10.4. The monoisotopic (exact) mass is 535 g/mol. The van der Waals surface area contributed by atoms with Crippen LogP contribution >= 0.6 is 0 Å². The molecule has 2 aliphatic carbocycles. The number of hydrogen-bond acceptors (Lipinski definition) is 2. The second kappa shape index (κ2) is 12.9. The molecule has 0 heterocycles. The van der Waals surface area contributed by atoms with Crippen LogP contribution < -0.4 is 0 Å². The van der Waals surface area contributed by atoms with Gasteiger partial charge in [0.25, 0.3) is 0 Å². The summed E-state index contributed by atoms with van der Waals surface area (Å²) in [4.78, 5) is 0. The first kappa shape index (κ1) is 36.8. The van der Waals surface area contributed by atoms with Gasteiger partial charge in [-0.15, -0.1) is 0 Å². The number of benzene rings is 2. The topological polar surface area (TPSA) is 40.5 Å².